The molecule has 1 aromatic rings. The minimum atomic E-state index is 0.193. The van der Waals surface area contributed by atoms with Crippen molar-refractivity contribution in [1.29, 1.82) is 0 Å². The molecule has 90 valence electrons. The van der Waals surface area contributed by atoms with E-state index in [1.54, 1.807) is 0 Å². The summed E-state index contributed by atoms with van der Waals surface area (Å²) < 4.78 is 0. The van der Waals surface area contributed by atoms with Crippen LogP contribution >= 0.6 is 0 Å². The molecular formula is C13H23N3. The lowest BCUT2D eigenvalue weighted by atomic mass is 9.91. The van der Waals surface area contributed by atoms with Crippen LogP contribution in [0.25, 0.3) is 0 Å². The van der Waals surface area contributed by atoms with Crippen LogP contribution in [0.4, 0.5) is 5.82 Å². The van der Waals surface area contributed by atoms with Gasteiger partial charge in [-0.05, 0) is 18.3 Å². The smallest absolute Gasteiger partial charge is 0.131 e. The summed E-state index contributed by atoms with van der Waals surface area (Å²) in [4.78, 5) is 8.96. The van der Waals surface area contributed by atoms with Crippen LogP contribution < -0.4 is 5.73 Å². The van der Waals surface area contributed by atoms with E-state index in [9.17, 15) is 0 Å². The van der Waals surface area contributed by atoms with Gasteiger partial charge in [0, 0.05) is 17.7 Å². The molecule has 0 aliphatic carbocycles. The van der Waals surface area contributed by atoms with E-state index in [2.05, 4.69) is 44.6 Å². The Bertz CT molecular complexity index is 352. The van der Waals surface area contributed by atoms with Crippen LogP contribution in [0.2, 0.25) is 0 Å². The second-order valence-corrected chi connectivity index (χ2v) is 5.92. The molecule has 0 fully saturated rings. The molecule has 0 amide bonds. The van der Waals surface area contributed by atoms with Crippen molar-refractivity contribution in [3.8, 4) is 0 Å². The van der Waals surface area contributed by atoms with Crippen LogP contribution in [-0.2, 0) is 6.42 Å². The van der Waals surface area contributed by atoms with Crippen LogP contribution in [0.5, 0.6) is 0 Å². The van der Waals surface area contributed by atoms with Gasteiger partial charge in [-0.2, -0.15) is 0 Å². The van der Waals surface area contributed by atoms with Gasteiger partial charge in [0.2, 0.25) is 0 Å². The zero-order valence-electron chi connectivity index (χ0n) is 11.3. The van der Waals surface area contributed by atoms with Crippen molar-refractivity contribution in [1.82, 2.24) is 9.97 Å². The Labute approximate surface area is 98.5 Å². The molecule has 0 aromatic carbocycles. The molecule has 16 heavy (non-hydrogen) atoms. The molecule has 3 nitrogen and oxygen atoms in total. The lowest BCUT2D eigenvalue weighted by Crippen LogP contribution is -2.15. The summed E-state index contributed by atoms with van der Waals surface area (Å²) in [5, 5.41) is 0. The van der Waals surface area contributed by atoms with Gasteiger partial charge in [0.25, 0.3) is 0 Å². The van der Waals surface area contributed by atoms with Crippen LogP contribution in [0.3, 0.4) is 0 Å². The van der Waals surface area contributed by atoms with Gasteiger partial charge in [-0.3, -0.25) is 0 Å². The number of aryl methyl sites for hydroxylation is 1. The third kappa shape index (κ3) is 3.19. The van der Waals surface area contributed by atoms with E-state index < -0.39 is 0 Å². The summed E-state index contributed by atoms with van der Waals surface area (Å²) in [5.74, 6) is 1.87. The van der Waals surface area contributed by atoms with E-state index >= 15 is 0 Å². The fraction of sp³-hybridized carbons (Fsp3) is 0.692. The van der Waals surface area contributed by atoms with Gasteiger partial charge in [-0.1, -0.05) is 34.6 Å². The predicted molar refractivity (Wildman–Crippen MR) is 68.4 cm³/mol. The summed E-state index contributed by atoms with van der Waals surface area (Å²) in [7, 11) is 0. The molecule has 0 atom stereocenters. The van der Waals surface area contributed by atoms with Crippen molar-refractivity contribution in [2.24, 2.45) is 5.41 Å². The number of rotatable bonds is 2. The molecule has 0 bridgehead atoms. The lowest BCUT2D eigenvalue weighted by molar-refractivity contribution is 0.400. The van der Waals surface area contributed by atoms with Gasteiger partial charge in [0.15, 0.2) is 0 Å². The van der Waals surface area contributed by atoms with Crippen LogP contribution in [0.1, 0.15) is 57.6 Å². The maximum absolute atomic E-state index is 5.99. The number of nitrogens with two attached hydrogens (primary N) is 1. The van der Waals surface area contributed by atoms with E-state index in [0.29, 0.717) is 11.7 Å². The highest BCUT2D eigenvalue weighted by Crippen LogP contribution is 2.25. The van der Waals surface area contributed by atoms with Gasteiger partial charge in [-0.25, -0.2) is 9.97 Å². The molecule has 1 aromatic heterocycles. The van der Waals surface area contributed by atoms with E-state index in [1.165, 1.54) is 0 Å². The summed E-state index contributed by atoms with van der Waals surface area (Å²) in [6.07, 6.45) is 0.858. The minimum Gasteiger partial charge on any atom is -0.383 e. The van der Waals surface area contributed by atoms with Crippen LogP contribution in [0, 0.1) is 12.3 Å². The molecule has 1 heterocycles. The molecule has 0 unspecified atom stereocenters. The number of hydrogen-bond acceptors (Lipinski definition) is 3. The number of nitrogens with zero attached hydrogens (tertiary/aromatic N) is 2. The van der Waals surface area contributed by atoms with Crippen LogP contribution in [-0.4, -0.2) is 9.97 Å². The predicted octanol–water partition coefficient (Wildman–Crippen LogP) is 3.08. The van der Waals surface area contributed by atoms with Crippen molar-refractivity contribution in [2.75, 3.05) is 5.73 Å². The van der Waals surface area contributed by atoms with E-state index in [-0.39, 0.29) is 5.41 Å². The third-order valence-corrected chi connectivity index (χ3v) is 2.48. The quantitative estimate of drug-likeness (QED) is 0.835. The highest BCUT2D eigenvalue weighted by atomic mass is 15.0. The molecule has 0 spiro atoms. The van der Waals surface area contributed by atoms with Crippen molar-refractivity contribution >= 4 is 5.82 Å². The minimum absolute atomic E-state index is 0.193. The number of hydrogen-bond donors (Lipinski definition) is 1. The molecule has 0 aliphatic heterocycles. The zero-order valence-corrected chi connectivity index (χ0v) is 11.3. The topological polar surface area (TPSA) is 51.8 Å². The fourth-order valence-corrected chi connectivity index (χ4v) is 1.93. The SMILES string of the molecule is Cc1nc(CC(C)(C)C)nc(N)c1C(C)C. The molecule has 2 N–H and O–H groups in total. The Kier molecular flexibility index (Phi) is 3.56. The Balaban J connectivity index is 3.10. The normalized spacial score (nSPS) is 12.2. The average Bonchev–Trinajstić information content (AvgIpc) is 1.96. The first-order valence-corrected chi connectivity index (χ1v) is 5.83. The molecular weight excluding hydrogens is 198 g/mol. The zero-order chi connectivity index (χ0) is 12.5. The van der Waals surface area contributed by atoms with Gasteiger partial charge in [0.1, 0.15) is 11.6 Å². The highest BCUT2D eigenvalue weighted by Gasteiger charge is 2.17. The Morgan fingerprint density at radius 3 is 2.12 bits per heavy atom. The number of anilines is 1. The summed E-state index contributed by atoms with van der Waals surface area (Å²) >= 11 is 0. The first kappa shape index (κ1) is 12.9. The largest absolute Gasteiger partial charge is 0.383 e. The summed E-state index contributed by atoms with van der Waals surface area (Å²) in [6, 6.07) is 0. The first-order chi connectivity index (χ1) is 7.20. The fourth-order valence-electron chi connectivity index (χ4n) is 1.93. The molecule has 1 rings (SSSR count). The van der Waals surface area contributed by atoms with E-state index in [1.807, 2.05) is 6.92 Å². The molecule has 0 aliphatic rings. The lowest BCUT2D eigenvalue weighted by Gasteiger charge is -2.19. The number of nitrogen functional groups attached to an aromatic ring is 1. The monoisotopic (exact) mass is 221 g/mol. The second-order valence-electron chi connectivity index (χ2n) is 5.92. The maximum atomic E-state index is 5.99. The van der Waals surface area contributed by atoms with Crippen molar-refractivity contribution in [3.63, 3.8) is 0 Å². The van der Waals surface area contributed by atoms with E-state index in [4.69, 9.17) is 5.73 Å². The molecule has 0 radical (unpaired) electrons. The standard InChI is InChI=1S/C13H23N3/c1-8(2)11-9(3)15-10(16-12(11)14)7-13(4,5)6/h8H,7H2,1-6H3,(H2,14,15,16). The number of aromatic nitrogens is 2. The Hall–Kier alpha value is -1.12. The Morgan fingerprint density at radius 2 is 1.75 bits per heavy atom. The van der Waals surface area contributed by atoms with Gasteiger partial charge >= 0.3 is 0 Å². The van der Waals surface area contributed by atoms with Gasteiger partial charge in [-0.15, -0.1) is 0 Å². The van der Waals surface area contributed by atoms with Gasteiger partial charge < -0.3 is 5.73 Å². The Morgan fingerprint density at radius 1 is 1.19 bits per heavy atom. The average molecular weight is 221 g/mol. The maximum Gasteiger partial charge on any atom is 0.131 e. The highest BCUT2D eigenvalue weighted by molar-refractivity contribution is 5.44. The molecule has 0 saturated carbocycles. The molecule has 3 heteroatoms. The van der Waals surface area contributed by atoms with Gasteiger partial charge in [0.05, 0.1) is 0 Å². The second kappa shape index (κ2) is 4.40. The van der Waals surface area contributed by atoms with E-state index in [0.717, 1.165) is 23.5 Å². The molecule has 0 saturated heterocycles. The van der Waals surface area contributed by atoms with Crippen LogP contribution in [0.15, 0.2) is 0 Å². The summed E-state index contributed by atoms with van der Waals surface area (Å²) in [6.45, 7) is 12.8. The summed E-state index contributed by atoms with van der Waals surface area (Å²) in [5.41, 5.74) is 8.28. The third-order valence-electron chi connectivity index (χ3n) is 2.48. The van der Waals surface area contributed by atoms with Crippen molar-refractivity contribution in [3.05, 3.63) is 17.1 Å². The first-order valence-electron chi connectivity index (χ1n) is 5.83. The van der Waals surface area contributed by atoms with Crippen molar-refractivity contribution < 1.29 is 0 Å². The van der Waals surface area contributed by atoms with Crippen molar-refractivity contribution in [2.45, 2.75) is 53.9 Å².